The first kappa shape index (κ1) is 22.4. The summed E-state index contributed by atoms with van der Waals surface area (Å²) in [5, 5.41) is 7.09. The number of nitrogens with one attached hydrogen (secondary N) is 1. The lowest BCUT2D eigenvalue weighted by atomic mass is 10.1. The Kier molecular flexibility index (Phi) is 11.9. The Balaban J connectivity index is 0.00000264. The third-order valence-electron chi connectivity index (χ3n) is 3.40. The van der Waals surface area contributed by atoms with Gasteiger partial charge in [0.15, 0.2) is 5.82 Å². The molecule has 0 aromatic carbocycles. The fraction of sp³-hybridized carbons (Fsp3) is 0.438. The van der Waals surface area contributed by atoms with Crippen LogP contribution in [0, 0.1) is 0 Å². The molecule has 2 aromatic heterocycles. The first-order valence-corrected chi connectivity index (χ1v) is 7.71. The van der Waals surface area contributed by atoms with Crippen LogP contribution in [0.5, 0.6) is 0 Å². The molecule has 0 atom stereocenters. The van der Waals surface area contributed by atoms with Gasteiger partial charge in [-0.05, 0) is 43.1 Å². The van der Waals surface area contributed by atoms with Crippen molar-refractivity contribution < 1.29 is 4.79 Å². The predicted molar refractivity (Wildman–Crippen MR) is 99.8 cm³/mol. The van der Waals surface area contributed by atoms with Crippen LogP contribution in [0.4, 0.5) is 0 Å². The van der Waals surface area contributed by atoms with Gasteiger partial charge in [0.1, 0.15) is 0 Å². The Morgan fingerprint density at radius 2 is 1.96 bits per heavy atom. The largest absolute Gasteiger partial charge is 0.352 e. The topological polar surface area (TPSA) is 85.8 Å². The van der Waals surface area contributed by atoms with Gasteiger partial charge in [0, 0.05) is 31.6 Å². The summed E-state index contributed by atoms with van der Waals surface area (Å²) in [5.74, 6) is 0.837. The van der Waals surface area contributed by atoms with Crippen LogP contribution in [0.2, 0.25) is 0 Å². The maximum atomic E-state index is 11.8. The van der Waals surface area contributed by atoms with E-state index in [0.29, 0.717) is 13.0 Å². The number of unbranched alkanes of at least 4 members (excludes halogenated alkanes) is 3. The molecule has 134 valence electrons. The molecule has 24 heavy (non-hydrogen) atoms. The van der Waals surface area contributed by atoms with E-state index in [1.165, 1.54) is 0 Å². The van der Waals surface area contributed by atoms with Crippen LogP contribution < -0.4 is 11.1 Å². The minimum absolute atomic E-state index is 0. The summed E-state index contributed by atoms with van der Waals surface area (Å²) in [7, 11) is 0. The fourth-order valence-corrected chi connectivity index (χ4v) is 2.17. The normalized spacial score (nSPS) is 9.71. The molecule has 0 aliphatic rings. The highest BCUT2D eigenvalue weighted by Crippen LogP contribution is 2.07. The molecule has 6 nitrogen and oxygen atoms in total. The number of hydrogen-bond donors (Lipinski definition) is 2. The number of halogens is 2. The quantitative estimate of drug-likeness (QED) is 0.661. The van der Waals surface area contributed by atoms with Crippen LogP contribution in [0.3, 0.4) is 0 Å². The number of pyridine rings is 1. The molecule has 1 amide bonds. The van der Waals surface area contributed by atoms with Crippen molar-refractivity contribution in [2.24, 2.45) is 5.73 Å². The second-order valence-corrected chi connectivity index (χ2v) is 5.20. The molecule has 0 spiro atoms. The molecule has 0 saturated carbocycles. The third kappa shape index (κ3) is 7.77. The van der Waals surface area contributed by atoms with E-state index in [2.05, 4.69) is 15.4 Å². The smallest absolute Gasteiger partial charge is 0.220 e. The maximum Gasteiger partial charge on any atom is 0.220 e. The minimum atomic E-state index is 0. The highest BCUT2D eigenvalue weighted by atomic mass is 35.5. The van der Waals surface area contributed by atoms with Crippen LogP contribution in [-0.4, -0.2) is 27.2 Å². The molecule has 0 fully saturated rings. The summed E-state index contributed by atoms with van der Waals surface area (Å²) in [6.07, 6.45) is 9.96. The standard InChI is InChI=1S/C16H23N5O.2ClH/c17-8-4-2-1-3-6-16(22)19-13-14-7-10-18-15(12-14)21-11-5-9-20-21;;/h5,7,9-12H,1-4,6,8,13,17H2,(H,19,22);2*1H. The Labute approximate surface area is 155 Å². The average Bonchev–Trinajstić information content (AvgIpc) is 3.07. The monoisotopic (exact) mass is 373 g/mol. The van der Waals surface area contributed by atoms with Crippen LogP contribution in [0.1, 0.15) is 37.7 Å². The van der Waals surface area contributed by atoms with Gasteiger partial charge < -0.3 is 11.1 Å². The zero-order valence-corrected chi connectivity index (χ0v) is 15.2. The molecule has 8 heteroatoms. The summed E-state index contributed by atoms with van der Waals surface area (Å²) in [5.41, 5.74) is 6.45. The number of hydrogen-bond acceptors (Lipinski definition) is 4. The van der Waals surface area contributed by atoms with Gasteiger partial charge in [-0.1, -0.05) is 12.8 Å². The summed E-state index contributed by atoms with van der Waals surface area (Å²) in [6, 6.07) is 5.67. The van der Waals surface area contributed by atoms with Gasteiger partial charge >= 0.3 is 0 Å². The van der Waals surface area contributed by atoms with E-state index in [1.54, 1.807) is 17.1 Å². The van der Waals surface area contributed by atoms with E-state index < -0.39 is 0 Å². The summed E-state index contributed by atoms with van der Waals surface area (Å²) >= 11 is 0. The maximum absolute atomic E-state index is 11.8. The van der Waals surface area contributed by atoms with Crippen molar-refractivity contribution in [3.8, 4) is 5.82 Å². The van der Waals surface area contributed by atoms with E-state index in [-0.39, 0.29) is 30.7 Å². The van der Waals surface area contributed by atoms with Crippen LogP contribution >= 0.6 is 24.8 Å². The van der Waals surface area contributed by atoms with E-state index in [1.807, 2.05) is 24.4 Å². The first-order chi connectivity index (χ1) is 10.8. The molecule has 3 N–H and O–H groups in total. The highest BCUT2D eigenvalue weighted by Gasteiger charge is 2.03. The molecule has 0 bridgehead atoms. The van der Waals surface area contributed by atoms with Crippen LogP contribution in [-0.2, 0) is 11.3 Å². The Hall–Kier alpha value is -1.63. The Morgan fingerprint density at radius 3 is 2.67 bits per heavy atom. The molecular formula is C16H25Cl2N5O. The van der Waals surface area contributed by atoms with Gasteiger partial charge in [-0.3, -0.25) is 4.79 Å². The number of nitrogens with two attached hydrogens (primary N) is 1. The lowest BCUT2D eigenvalue weighted by Gasteiger charge is -2.07. The molecule has 2 rings (SSSR count). The number of amides is 1. The van der Waals surface area contributed by atoms with Gasteiger partial charge in [0.2, 0.25) is 5.91 Å². The van der Waals surface area contributed by atoms with Gasteiger partial charge in [0.05, 0.1) is 0 Å². The number of nitrogens with zero attached hydrogens (tertiary/aromatic N) is 3. The Morgan fingerprint density at radius 1 is 1.17 bits per heavy atom. The molecule has 2 aromatic rings. The van der Waals surface area contributed by atoms with Crippen LogP contribution in [0.15, 0.2) is 36.8 Å². The summed E-state index contributed by atoms with van der Waals surface area (Å²) < 4.78 is 1.70. The predicted octanol–water partition coefficient (Wildman–Crippen LogP) is 2.64. The lowest BCUT2D eigenvalue weighted by molar-refractivity contribution is -0.121. The fourth-order valence-electron chi connectivity index (χ4n) is 2.17. The average molecular weight is 374 g/mol. The van der Waals surface area contributed by atoms with Crippen molar-refractivity contribution in [1.82, 2.24) is 20.1 Å². The number of carbonyl (C=O) groups is 1. The number of rotatable bonds is 9. The zero-order valence-electron chi connectivity index (χ0n) is 13.6. The summed E-state index contributed by atoms with van der Waals surface area (Å²) in [4.78, 5) is 16.1. The molecule has 0 aliphatic carbocycles. The molecule has 0 unspecified atom stereocenters. The van der Waals surface area contributed by atoms with E-state index in [9.17, 15) is 4.79 Å². The van der Waals surface area contributed by atoms with E-state index in [4.69, 9.17) is 5.73 Å². The van der Waals surface area contributed by atoms with Crippen molar-refractivity contribution in [2.45, 2.75) is 38.6 Å². The van der Waals surface area contributed by atoms with Crippen molar-refractivity contribution in [2.75, 3.05) is 6.54 Å². The van der Waals surface area contributed by atoms with Crippen molar-refractivity contribution in [1.29, 1.82) is 0 Å². The van der Waals surface area contributed by atoms with Gasteiger partial charge in [-0.15, -0.1) is 24.8 Å². The molecule has 0 aliphatic heterocycles. The third-order valence-corrected chi connectivity index (χ3v) is 3.40. The summed E-state index contributed by atoms with van der Waals surface area (Å²) in [6.45, 7) is 1.24. The van der Waals surface area contributed by atoms with Crippen LogP contribution in [0.25, 0.3) is 5.82 Å². The van der Waals surface area contributed by atoms with E-state index in [0.717, 1.165) is 43.6 Å². The molecular weight excluding hydrogens is 349 g/mol. The second kappa shape index (κ2) is 12.8. The number of carbonyl (C=O) groups excluding carboxylic acids is 1. The second-order valence-electron chi connectivity index (χ2n) is 5.20. The van der Waals surface area contributed by atoms with Gasteiger partial charge in [-0.25, -0.2) is 9.67 Å². The molecule has 0 saturated heterocycles. The van der Waals surface area contributed by atoms with Gasteiger partial charge in [0.25, 0.3) is 0 Å². The van der Waals surface area contributed by atoms with Crippen molar-refractivity contribution >= 4 is 30.7 Å². The lowest BCUT2D eigenvalue weighted by Crippen LogP contribution is -2.22. The zero-order chi connectivity index (χ0) is 15.6. The van der Waals surface area contributed by atoms with Crippen molar-refractivity contribution in [3.05, 3.63) is 42.4 Å². The number of aromatic nitrogens is 3. The van der Waals surface area contributed by atoms with E-state index >= 15 is 0 Å². The molecule has 2 heterocycles. The van der Waals surface area contributed by atoms with Gasteiger partial charge in [-0.2, -0.15) is 5.10 Å². The SMILES string of the molecule is Cl.Cl.NCCCCCCC(=O)NCc1ccnc(-n2cccn2)c1. The first-order valence-electron chi connectivity index (χ1n) is 7.71. The highest BCUT2D eigenvalue weighted by molar-refractivity contribution is 5.85. The Bertz CT molecular complexity index is 578. The minimum Gasteiger partial charge on any atom is -0.352 e. The molecule has 0 radical (unpaired) electrons. The van der Waals surface area contributed by atoms with Crippen molar-refractivity contribution in [3.63, 3.8) is 0 Å².